The van der Waals surface area contributed by atoms with Crippen LogP contribution in [0.5, 0.6) is 0 Å². The van der Waals surface area contributed by atoms with Gasteiger partial charge in [0.15, 0.2) is 17.4 Å². The highest BCUT2D eigenvalue weighted by Crippen LogP contribution is 2.26. The van der Waals surface area contributed by atoms with Gasteiger partial charge in [-0.15, -0.1) is 5.92 Å². The van der Waals surface area contributed by atoms with E-state index in [1.807, 2.05) is 18.2 Å². The third kappa shape index (κ3) is 4.92. The number of imidazole rings is 1. The number of piperazine rings is 1. The molecule has 1 aliphatic heterocycles. The molecular formula is C22H22F3N7O3. The third-order valence-corrected chi connectivity index (χ3v) is 5.34. The summed E-state index contributed by atoms with van der Waals surface area (Å²) in [5.41, 5.74) is 0.485. The summed E-state index contributed by atoms with van der Waals surface area (Å²) in [6.07, 6.45) is -6.44. The van der Waals surface area contributed by atoms with E-state index < -0.39 is 23.9 Å². The average molecular weight is 489 g/mol. The van der Waals surface area contributed by atoms with E-state index in [1.165, 1.54) is 14.0 Å². The molecule has 3 heterocycles. The minimum Gasteiger partial charge on any atom is -0.433 e. The van der Waals surface area contributed by atoms with E-state index >= 15 is 0 Å². The Labute approximate surface area is 197 Å². The number of para-hydroxylation sites is 1. The lowest BCUT2D eigenvalue weighted by Gasteiger charge is -2.36. The number of ether oxygens (including phenoxy) is 1. The minimum atomic E-state index is -5.15. The highest BCUT2D eigenvalue weighted by atomic mass is 19.4. The summed E-state index contributed by atoms with van der Waals surface area (Å²) in [7, 11) is 1.54. The molecular weight excluding hydrogens is 467 g/mol. The lowest BCUT2D eigenvalue weighted by molar-refractivity contribution is -0.205. The zero-order valence-electron chi connectivity index (χ0n) is 18.9. The van der Waals surface area contributed by atoms with Gasteiger partial charge in [-0.3, -0.25) is 13.9 Å². The maximum absolute atomic E-state index is 13.3. The first-order valence-electron chi connectivity index (χ1n) is 10.6. The topological polar surface area (TPSA) is 106 Å². The van der Waals surface area contributed by atoms with Crippen molar-refractivity contribution in [3.8, 4) is 11.8 Å². The van der Waals surface area contributed by atoms with E-state index in [9.17, 15) is 22.8 Å². The van der Waals surface area contributed by atoms with Gasteiger partial charge in [-0.2, -0.15) is 23.1 Å². The molecule has 1 fully saturated rings. The Hall–Kier alpha value is -4.05. The number of fused-ring (bicyclic) bond motifs is 1. The van der Waals surface area contributed by atoms with Gasteiger partial charge < -0.3 is 20.3 Å². The highest BCUT2D eigenvalue weighted by Gasteiger charge is 2.44. The number of nitrogens with one attached hydrogen (secondary N) is 2. The molecule has 1 aliphatic rings. The monoisotopic (exact) mass is 489 g/mol. The second kappa shape index (κ2) is 9.67. The van der Waals surface area contributed by atoms with Gasteiger partial charge in [0.05, 0.1) is 13.1 Å². The maximum Gasteiger partial charge on any atom is 0.491 e. The summed E-state index contributed by atoms with van der Waals surface area (Å²) < 4.78 is 46.1. The van der Waals surface area contributed by atoms with Crippen molar-refractivity contribution >= 4 is 34.7 Å². The van der Waals surface area contributed by atoms with E-state index in [0.29, 0.717) is 12.2 Å². The summed E-state index contributed by atoms with van der Waals surface area (Å²) in [5, 5.41) is 5.97. The van der Waals surface area contributed by atoms with Gasteiger partial charge in [0.2, 0.25) is 11.9 Å². The molecule has 1 unspecified atom stereocenters. The number of rotatable bonds is 5. The highest BCUT2D eigenvalue weighted by molar-refractivity contribution is 5.78. The van der Waals surface area contributed by atoms with Crippen molar-refractivity contribution in [3.63, 3.8) is 0 Å². The molecule has 1 saturated heterocycles. The largest absolute Gasteiger partial charge is 0.491 e. The SMILES string of the molecule is CC#CCn1c(N2CCNCC2OC(=O)C(F)(F)F)nc2nc(Nc3ccccc3)n(C)c(=O)c21. The van der Waals surface area contributed by atoms with Crippen LogP contribution in [-0.2, 0) is 23.1 Å². The van der Waals surface area contributed by atoms with Gasteiger partial charge in [0.25, 0.3) is 5.56 Å². The Bertz CT molecular complexity index is 1360. The standard InChI is InChI=1S/C22H22F3N7O3/c1-3-4-11-32-16-17(28-20(30(2)18(16)33)27-14-8-6-5-7-9-14)29-21(32)31-12-10-26-13-15(31)35-19(34)22(23,24)25/h5-9,15,26H,10-13H2,1-2H3,(H,27,28). The number of alkyl halides is 3. The fourth-order valence-electron chi connectivity index (χ4n) is 3.64. The molecule has 0 aliphatic carbocycles. The van der Waals surface area contributed by atoms with E-state index in [1.54, 1.807) is 26.1 Å². The normalized spacial score (nSPS) is 16.0. The van der Waals surface area contributed by atoms with Gasteiger partial charge in [-0.25, -0.2) is 4.79 Å². The average Bonchev–Trinajstić information content (AvgIpc) is 3.19. The van der Waals surface area contributed by atoms with Crippen molar-refractivity contribution in [1.82, 2.24) is 24.4 Å². The molecule has 13 heteroatoms. The number of nitrogens with zero attached hydrogens (tertiary/aromatic N) is 5. The predicted molar refractivity (Wildman–Crippen MR) is 122 cm³/mol. The Morgan fingerprint density at radius 1 is 1.29 bits per heavy atom. The molecule has 0 bridgehead atoms. The summed E-state index contributed by atoms with van der Waals surface area (Å²) >= 11 is 0. The van der Waals surface area contributed by atoms with Gasteiger partial charge in [-0.05, 0) is 19.1 Å². The molecule has 0 radical (unpaired) electrons. The van der Waals surface area contributed by atoms with E-state index in [0.717, 1.165) is 0 Å². The van der Waals surface area contributed by atoms with Crippen LogP contribution < -0.4 is 21.1 Å². The van der Waals surface area contributed by atoms with Crippen LogP contribution in [0.4, 0.5) is 30.8 Å². The molecule has 2 N–H and O–H groups in total. The Kier molecular flexibility index (Phi) is 6.65. The summed E-state index contributed by atoms with van der Waals surface area (Å²) in [6, 6.07) is 9.10. The number of benzene rings is 1. The second-order valence-corrected chi connectivity index (χ2v) is 7.64. The maximum atomic E-state index is 13.3. The first kappa shape index (κ1) is 24.1. The lowest BCUT2D eigenvalue weighted by Crippen LogP contribution is -2.55. The van der Waals surface area contributed by atoms with Crippen molar-refractivity contribution in [2.75, 3.05) is 29.9 Å². The Balaban J connectivity index is 1.81. The summed E-state index contributed by atoms with van der Waals surface area (Å²) in [5.74, 6) is 3.64. The zero-order valence-corrected chi connectivity index (χ0v) is 18.9. The van der Waals surface area contributed by atoms with Gasteiger partial charge in [-0.1, -0.05) is 24.1 Å². The Morgan fingerprint density at radius 2 is 2.03 bits per heavy atom. The smallest absolute Gasteiger partial charge is 0.433 e. The lowest BCUT2D eigenvalue weighted by atomic mass is 10.3. The van der Waals surface area contributed by atoms with Crippen molar-refractivity contribution in [2.45, 2.75) is 25.9 Å². The van der Waals surface area contributed by atoms with Crippen LogP contribution >= 0.6 is 0 Å². The fourth-order valence-corrected chi connectivity index (χ4v) is 3.64. The molecule has 3 aromatic rings. The third-order valence-electron chi connectivity index (χ3n) is 5.34. The van der Waals surface area contributed by atoms with Gasteiger partial charge in [0.1, 0.15) is 0 Å². The fraction of sp³-hybridized carbons (Fsp3) is 0.364. The predicted octanol–water partition coefficient (Wildman–Crippen LogP) is 1.74. The van der Waals surface area contributed by atoms with Crippen LogP contribution in [0.15, 0.2) is 35.1 Å². The van der Waals surface area contributed by atoms with E-state index in [4.69, 9.17) is 4.74 Å². The van der Waals surface area contributed by atoms with Crippen molar-refractivity contribution < 1.29 is 22.7 Å². The van der Waals surface area contributed by atoms with Crippen LogP contribution in [0, 0.1) is 11.8 Å². The van der Waals surface area contributed by atoms with Crippen LogP contribution in [0.2, 0.25) is 0 Å². The molecule has 0 saturated carbocycles. The molecule has 4 rings (SSSR count). The molecule has 1 atom stereocenters. The van der Waals surface area contributed by atoms with Crippen LogP contribution in [0.1, 0.15) is 6.92 Å². The van der Waals surface area contributed by atoms with E-state index in [-0.39, 0.29) is 42.7 Å². The van der Waals surface area contributed by atoms with Crippen LogP contribution in [-0.4, -0.2) is 57.1 Å². The number of esters is 1. The number of aromatic nitrogens is 4. The quantitative estimate of drug-likeness (QED) is 0.413. The minimum absolute atomic E-state index is 0.0363. The summed E-state index contributed by atoms with van der Waals surface area (Å²) in [6.45, 7) is 2.17. The first-order chi connectivity index (χ1) is 16.7. The molecule has 35 heavy (non-hydrogen) atoms. The van der Waals surface area contributed by atoms with E-state index in [2.05, 4.69) is 32.4 Å². The number of hydrogen-bond acceptors (Lipinski definition) is 8. The van der Waals surface area contributed by atoms with Crippen molar-refractivity contribution in [3.05, 3.63) is 40.7 Å². The van der Waals surface area contributed by atoms with Crippen LogP contribution in [0.3, 0.4) is 0 Å². The molecule has 1 aromatic carbocycles. The van der Waals surface area contributed by atoms with Crippen molar-refractivity contribution in [1.29, 1.82) is 0 Å². The number of anilines is 3. The molecule has 0 amide bonds. The summed E-state index contributed by atoms with van der Waals surface area (Å²) in [4.78, 5) is 35.2. The molecule has 184 valence electrons. The number of halogens is 3. The molecule has 2 aromatic heterocycles. The van der Waals surface area contributed by atoms with Crippen molar-refractivity contribution in [2.24, 2.45) is 7.05 Å². The Morgan fingerprint density at radius 3 is 2.71 bits per heavy atom. The number of hydrogen-bond donors (Lipinski definition) is 2. The van der Waals surface area contributed by atoms with Crippen LogP contribution in [0.25, 0.3) is 11.2 Å². The first-order valence-corrected chi connectivity index (χ1v) is 10.6. The molecule has 10 nitrogen and oxygen atoms in total. The second-order valence-electron chi connectivity index (χ2n) is 7.64. The number of carbonyl (C=O) groups excluding carboxylic acids is 1. The van der Waals surface area contributed by atoms with Gasteiger partial charge in [0, 0.05) is 25.8 Å². The zero-order chi connectivity index (χ0) is 25.2. The molecule has 0 spiro atoms. The number of carbonyl (C=O) groups is 1. The van der Waals surface area contributed by atoms with Gasteiger partial charge >= 0.3 is 12.1 Å².